The Balaban J connectivity index is 2.53. The summed E-state index contributed by atoms with van der Waals surface area (Å²) in [6.45, 7) is 5.44. The first-order valence-electron chi connectivity index (χ1n) is 6.41. The summed E-state index contributed by atoms with van der Waals surface area (Å²) in [4.78, 5) is 0. The molecule has 0 saturated heterocycles. The van der Waals surface area contributed by atoms with E-state index in [1.54, 1.807) is 0 Å². The first kappa shape index (κ1) is 16.6. The van der Waals surface area contributed by atoms with E-state index in [-0.39, 0.29) is 11.8 Å². The first-order chi connectivity index (χ1) is 8.94. The van der Waals surface area contributed by atoms with Gasteiger partial charge in [0.05, 0.1) is 5.75 Å². The van der Waals surface area contributed by atoms with Crippen molar-refractivity contribution in [2.24, 2.45) is 0 Å². The van der Waals surface area contributed by atoms with Crippen LogP contribution >= 0.6 is 15.9 Å². The molecule has 0 heterocycles. The van der Waals surface area contributed by atoms with Gasteiger partial charge in [0.2, 0.25) is 10.0 Å². The molecule has 2 N–H and O–H groups in total. The maximum Gasteiger partial charge on any atom is 0.212 e. The number of sulfonamides is 1. The van der Waals surface area contributed by atoms with Crippen molar-refractivity contribution in [2.75, 3.05) is 18.8 Å². The van der Waals surface area contributed by atoms with Gasteiger partial charge in [0, 0.05) is 10.5 Å². The third-order valence-electron chi connectivity index (χ3n) is 2.72. The molecule has 6 heteroatoms. The highest BCUT2D eigenvalue weighted by atomic mass is 79.9. The first-order valence-corrected chi connectivity index (χ1v) is 8.85. The number of benzene rings is 1. The van der Waals surface area contributed by atoms with Crippen molar-refractivity contribution >= 4 is 26.0 Å². The third-order valence-corrected chi connectivity index (χ3v) is 4.75. The van der Waals surface area contributed by atoms with Gasteiger partial charge in [-0.2, -0.15) is 0 Å². The van der Waals surface area contributed by atoms with Gasteiger partial charge >= 0.3 is 0 Å². The van der Waals surface area contributed by atoms with Crippen LogP contribution in [0.2, 0.25) is 0 Å². The fourth-order valence-electron chi connectivity index (χ4n) is 1.74. The van der Waals surface area contributed by atoms with Crippen molar-refractivity contribution in [3.05, 3.63) is 34.3 Å². The molecule has 19 heavy (non-hydrogen) atoms. The highest BCUT2D eigenvalue weighted by Crippen LogP contribution is 2.18. The van der Waals surface area contributed by atoms with E-state index in [2.05, 4.69) is 26.0 Å². The SMILES string of the molecule is CCNCCCS(=O)(=O)NC(C)c1cccc(Br)c1. The van der Waals surface area contributed by atoms with E-state index in [1.165, 1.54) is 0 Å². The van der Waals surface area contributed by atoms with Crippen molar-refractivity contribution in [1.82, 2.24) is 10.0 Å². The summed E-state index contributed by atoms with van der Waals surface area (Å²) in [6, 6.07) is 7.43. The number of rotatable bonds is 8. The molecule has 0 fully saturated rings. The highest BCUT2D eigenvalue weighted by molar-refractivity contribution is 9.10. The van der Waals surface area contributed by atoms with Crippen molar-refractivity contribution < 1.29 is 8.42 Å². The molecular formula is C13H21BrN2O2S. The van der Waals surface area contributed by atoms with Crippen LogP contribution in [0.25, 0.3) is 0 Å². The van der Waals surface area contributed by atoms with E-state index >= 15 is 0 Å². The molecular weight excluding hydrogens is 328 g/mol. The second kappa shape index (κ2) is 7.99. The van der Waals surface area contributed by atoms with Crippen molar-refractivity contribution in [3.63, 3.8) is 0 Å². The number of hydrogen-bond acceptors (Lipinski definition) is 3. The predicted molar refractivity (Wildman–Crippen MR) is 82.6 cm³/mol. The zero-order chi connectivity index (χ0) is 14.3. The molecule has 0 aromatic heterocycles. The topological polar surface area (TPSA) is 58.2 Å². The smallest absolute Gasteiger partial charge is 0.212 e. The Morgan fingerprint density at radius 3 is 2.74 bits per heavy atom. The van der Waals surface area contributed by atoms with Gasteiger partial charge in [0.15, 0.2) is 0 Å². The van der Waals surface area contributed by atoms with Crippen molar-refractivity contribution in [2.45, 2.75) is 26.3 Å². The zero-order valence-corrected chi connectivity index (χ0v) is 13.7. The van der Waals surface area contributed by atoms with Crippen LogP contribution in [0, 0.1) is 0 Å². The molecule has 0 spiro atoms. The second-order valence-corrected chi connectivity index (χ2v) is 7.21. The fraction of sp³-hybridized carbons (Fsp3) is 0.538. The van der Waals surface area contributed by atoms with E-state index in [0.29, 0.717) is 6.42 Å². The minimum atomic E-state index is -3.23. The quantitative estimate of drug-likeness (QED) is 0.709. The summed E-state index contributed by atoms with van der Waals surface area (Å²) in [5.41, 5.74) is 0.949. The summed E-state index contributed by atoms with van der Waals surface area (Å²) in [5, 5.41) is 3.11. The number of nitrogens with one attached hydrogen (secondary N) is 2. The molecule has 0 aliphatic heterocycles. The Morgan fingerprint density at radius 2 is 2.11 bits per heavy atom. The van der Waals surface area contributed by atoms with Crippen LogP contribution in [0.1, 0.15) is 31.9 Å². The van der Waals surface area contributed by atoms with Gasteiger partial charge in [-0.1, -0.05) is 35.0 Å². The largest absolute Gasteiger partial charge is 0.317 e. The second-order valence-electron chi connectivity index (χ2n) is 4.42. The molecule has 1 aromatic carbocycles. The Hall–Kier alpha value is -0.430. The van der Waals surface area contributed by atoms with Gasteiger partial charge < -0.3 is 5.32 Å². The van der Waals surface area contributed by atoms with E-state index in [4.69, 9.17) is 0 Å². The molecule has 0 aliphatic rings. The summed E-state index contributed by atoms with van der Waals surface area (Å²) in [6.07, 6.45) is 0.619. The lowest BCUT2D eigenvalue weighted by Crippen LogP contribution is -2.30. The molecule has 0 bridgehead atoms. The lowest BCUT2D eigenvalue weighted by molar-refractivity contribution is 0.562. The van der Waals surface area contributed by atoms with Crippen LogP contribution in [0.4, 0.5) is 0 Å². The maximum atomic E-state index is 11.9. The number of halogens is 1. The summed E-state index contributed by atoms with van der Waals surface area (Å²) in [5.74, 6) is 0.151. The van der Waals surface area contributed by atoms with Crippen molar-refractivity contribution in [1.29, 1.82) is 0 Å². The van der Waals surface area contributed by atoms with Crippen LogP contribution in [0.15, 0.2) is 28.7 Å². The normalized spacial score (nSPS) is 13.4. The standard InChI is InChI=1S/C13H21BrN2O2S/c1-3-15-8-5-9-19(17,18)16-11(2)12-6-4-7-13(14)10-12/h4,6-7,10-11,15-16H,3,5,8-9H2,1-2H3. The van der Waals surface area contributed by atoms with Crippen LogP contribution in [-0.4, -0.2) is 27.3 Å². The molecule has 0 amide bonds. The Morgan fingerprint density at radius 1 is 1.37 bits per heavy atom. The zero-order valence-electron chi connectivity index (χ0n) is 11.3. The summed E-state index contributed by atoms with van der Waals surface area (Å²) < 4.78 is 27.5. The van der Waals surface area contributed by atoms with Crippen molar-refractivity contribution in [3.8, 4) is 0 Å². The van der Waals surface area contributed by atoms with Crippen LogP contribution in [0.5, 0.6) is 0 Å². The molecule has 1 rings (SSSR count). The summed E-state index contributed by atoms with van der Waals surface area (Å²) in [7, 11) is -3.23. The van der Waals surface area contributed by atoms with Crippen LogP contribution in [-0.2, 0) is 10.0 Å². The lowest BCUT2D eigenvalue weighted by Gasteiger charge is -2.15. The van der Waals surface area contributed by atoms with Gasteiger partial charge in [0.1, 0.15) is 0 Å². The maximum absolute atomic E-state index is 11.9. The van der Waals surface area contributed by atoms with Crippen LogP contribution in [0.3, 0.4) is 0 Å². The van der Waals surface area contributed by atoms with E-state index in [0.717, 1.165) is 23.1 Å². The average Bonchev–Trinajstić information content (AvgIpc) is 2.34. The Kier molecular flexibility index (Phi) is 6.99. The third kappa shape index (κ3) is 6.51. The van der Waals surface area contributed by atoms with Gasteiger partial charge in [0.25, 0.3) is 0 Å². The average molecular weight is 349 g/mol. The van der Waals surface area contributed by atoms with Gasteiger partial charge in [-0.25, -0.2) is 13.1 Å². The molecule has 0 radical (unpaired) electrons. The lowest BCUT2D eigenvalue weighted by atomic mass is 10.1. The van der Waals surface area contributed by atoms with E-state index < -0.39 is 10.0 Å². The van der Waals surface area contributed by atoms with Gasteiger partial charge in [-0.3, -0.25) is 0 Å². The Bertz CT molecular complexity index is 491. The molecule has 1 atom stereocenters. The summed E-state index contributed by atoms with van der Waals surface area (Å²) >= 11 is 3.38. The molecule has 0 aliphatic carbocycles. The molecule has 108 valence electrons. The van der Waals surface area contributed by atoms with E-state index in [1.807, 2.05) is 38.1 Å². The minimum Gasteiger partial charge on any atom is -0.317 e. The molecule has 1 aromatic rings. The Labute approximate surface area is 124 Å². The fourth-order valence-corrected chi connectivity index (χ4v) is 3.47. The molecule has 0 saturated carbocycles. The monoisotopic (exact) mass is 348 g/mol. The number of hydrogen-bond donors (Lipinski definition) is 2. The predicted octanol–water partition coefficient (Wildman–Crippen LogP) is 2.43. The van der Waals surface area contributed by atoms with Crippen LogP contribution < -0.4 is 10.0 Å². The highest BCUT2D eigenvalue weighted by Gasteiger charge is 2.15. The van der Waals surface area contributed by atoms with Gasteiger partial charge in [-0.15, -0.1) is 0 Å². The minimum absolute atomic E-state index is 0.151. The van der Waals surface area contributed by atoms with E-state index in [9.17, 15) is 8.42 Å². The van der Waals surface area contributed by atoms with Gasteiger partial charge in [-0.05, 0) is 44.1 Å². The molecule has 1 unspecified atom stereocenters. The molecule has 4 nitrogen and oxygen atoms in total.